The Morgan fingerprint density at radius 1 is 1.64 bits per heavy atom. The largest absolute Gasteiger partial charge is 0.327 e. The number of ketones is 1. The van der Waals surface area contributed by atoms with Crippen molar-refractivity contribution < 1.29 is 4.79 Å². The smallest absolute Gasteiger partial charge is 0.141 e. The highest BCUT2D eigenvalue weighted by Crippen LogP contribution is 2.09. The van der Waals surface area contributed by atoms with Crippen LogP contribution in [-0.4, -0.2) is 16.8 Å². The number of aromatic nitrogens is 1. The minimum Gasteiger partial charge on any atom is -0.327 e. The number of Topliss-reactive ketones (excluding diaryl/α,β-unsaturated/α-hetero) is 1. The fourth-order valence-corrected chi connectivity index (χ4v) is 1.72. The number of thiazole rings is 1. The monoisotopic (exact) mass is 212 g/mol. The SMILES string of the molecule is CC(C)C(N)CC(=O)Cc1nccs1. The standard InChI is InChI=1S/C10H16N2OS/c1-7(2)9(11)5-8(13)6-10-12-3-4-14-10/h3-4,7,9H,5-6,11H2,1-2H3. The molecule has 0 fully saturated rings. The van der Waals surface area contributed by atoms with Crippen molar-refractivity contribution >= 4 is 17.1 Å². The van der Waals surface area contributed by atoms with Gasteiger partial charge >= 0.3 is 0 Å². The third kappa shape index (κ3) is 3.55. The van der Waals surface area contributed by atoms with Crippen LogP contribution in [0.15, 0.2) is 11.6 Å². The maximum Gasteiger partial charge on any atom is 0.141 e. The molecule has 0 aromatic carbocycles. The molecular weight excluding hydrogens is 196 g/mol. The van der Waals surface area contributed by atoms with E-state index in [0.717, 1.165) is 5.01 Å². The molecule has 0 aliphatic rings. The molecule has 1 atom stereocenters. The van der Waals surface area contributed by atoms with Gasteiger partial charge in [0.25, 0.3) is 0 Å². The van der Waals surface area contributed by atoms with E-state index in [1.165, 1.54) is 11.3 Å². The minimum atomic E-state index is -0.0255. The van der Waals surface area contributed by atoms with Gasteiger partial charge in [-0.3, -0.25) is 4.79 Å². The van der Waals surface area contributed by atoms with Crippen molar-refractivity contribution in [2.24, 2.45) is 11.7 Å². The van der Waals surface area contributed by atoms with Crippen molar-refractivity contribution in [2.75, 3.05) is 0 Å². The lowest BCUT2D eigenvalue weighted by atomic mass is 9.99. The highest BCUT2D eigenvalue weighted by Gasteiger charge is 2.13. The van der Waals surface area contributed by atoms with E-state index in [-0.39, 0.29) is 11.8 Å². The molecule has 0 saturated heterocycles. The molecule has 2 N–H and O–H groups in total. The van der Waals surface area contributed by atoms with Crippen molar-refractivity contribution in [1.29, 1.82) is 0 Å². The predicted molar refractivity (Wildman–Crippen MR) is 58.3 cm³/mol. The maximum atomic E-state index is 11.5. The zero-order chi connectivity index (χ0) is 10.6. The molecule has 1 unspecified atom stereocenters. The van der Waals surface area contributed by atoms with Crippen LogP contribution < -0.4 is 5.73 Å². The van der Waals surface area contributed by atoms with Crippen LogP contribution in [0.4, 0.5) is 0 Å². The van der Waals surface area contributed by atoms with Gasteiger partial charge in [-0.05, 0) is 5.92 Å². The van der Waals surface area contributed by atoms with Gasteiger partial charge in [-0.15, -0.1) is 11.3 Å². The van der Waals surface area contributed by atoms with Gasteiger partial charge < -0.3 is 5.73 Å². The average Bonchev–Trinajstić information content (AvgIpc) is 2.56. The van der Waals surface area contributed by atoms with Gasteiger partial charge in [0.1, 0.15) is 5.78 Å². The van der Waals surface area contributed by atoms with Gasteiger partial charge in [-0.25, -0.2) is 4.98 Å². The first kappa shape index (κ1) is 11.3. The number of carbonyl (C=O) groups excluding carboxylic acids is 1. The van der Waals surface area contributed by atoms with Crippen LogP contribution in [0.5, 0.6) is 0 Å². The number of nitrogens with two attached hydrogens (primary N) is 1. The van der Waals surface area contributed by atoms with Gasteiger partial charge in [0.05, 0.1) is 11.4 Å². The molecule has 14 heavy (non-hydrogen) atoms. The number of nitrogens with zero attached hydrogens (tertiary/aromatic N) is 1. The highest BCUT2D eigenvalue weighted by molar-refractivity contribution is 7.09. The van der Waals surface area contributed by atoms with Gasteiger partial charge in [-0.1, -0.05) is 13.8 Å². The van der Waals surface area contributed by atoms with Crippen LogP contribution in [0.2, 0.25) is 0 Å². The van der Waals surface area contributed by atoms with Crippen LogP contribution in [0.25, 0.3) is 0 Å². The third-order valence-electron chi connectivity index (χ3n) is 2.15. The fraction of sp³-hybridized carbons (Fsp3) is 0.600. The van der Waals surface area contributed by atoms with Crippen molar-refractivity contribution in [3.63, 3.8) is 0 Å². The summed E-state index contributed by atoms with van der Waals surface area (Å²) in [4.78, 5) is 15.6. The lowest BCUT2D eigenvalue weighted by Crippen LogP contribution is -2.29. The Morgan fingerprint density at radius 2 is 2.36 bits per heavy atom. The molecule has 1 rings (SSSR count). The van der Waals surface area contributed by atoms with Gasteiger partial charge in [0.15, 0.2) is 0 Å². The summed E-state index contributed by atoms with van der Waals surface area (Å²) in [5.74, 6) is 0.538. The molecule has 1 aromatic rings. The third-order valence-corrected chi connectivity index (χ3v) is 2.93. The number of rotatable bonds is 5. The molecule has 0 saturated carbocycles. The highest BCUT2D eigenvalue weighted by atomic mass is 32.1. The first-order chi connectivity index (χ1) is 6.59. The van der Waals surface area contributed by atoms with E-state index in [2.05, 4.69) is 4.98 Å². The molecule has 0 radical (unpaired) electrons. The fourth-order valence-electron chi connectivity index (χ4n) is 1.08. The summed E-state index contributed by atoms with van der Waals surface area (Å²) in [6.45, 7) is 4.06. The second-order valence-corrected chi connectivity index (χ2v) is 4.73. The Balaban J connectivity index is 2.36. The molecule has 0 aliphatic heterocycles. The maximum absolute atomic E-state index is 11.5. The summed E-state index contributed by atoms with van der Waals surface area (Å²) < 4.78 is 0. The van der Waals surface area contributed by atoms with E-state index in [0.29, 0.717) is 18.8 Å². The molecule has 0 bridgehead atoms. The van der Waals surface area contributed by atoms with E-state index < -0.39 is 0 Å². The van der Waals surface area contributed by atoms with Crippen molar-refractivity contribution in [3.8, 4) is 0 Å². The normalized spacial score (nSPS) is 13.1. The Kier molecular flexibility index (Phi) is 4.22. The molecular formula is C10H16N2OS. The number of hydrogen-bond donors (Lipinski definition) is 1. The van der Waals surface area contributed by atoms with Crippen LogP contribution in [-0.2, 0) is 11.2 Å². The van der Waals surface area contributed by atoms with Gasteiger partial charge in [-0.2, -0.15) is 0 Å². The lowest BCUT2D eigenvalue weighted by Gasteiger charge is -2.13. The van der Waals surface area contributed by atoms with Crippen molar-refractivity contribution in [1.82, 2.24) is 4.98 Å². The Labute approximate surface area is 88.3 Å². The second-order valence-electron chi connectivity index (χ2n) is 3.75. The van der Waals surface area contributed by atoms with Crippen LogP contribution in [0.3, 0.4) is 0 Å². The molecule has 1 heterocycles. The minimum absolute atomic E-state index is 0.0255. The summed E-state index contributed by atoms with van der Waals surface area (Å²) in [6.07, 6.45) is 2.60. The zero-order valence-corrected chi connectivity index (χ0v) is 9.38. The number of carbonyl (C=O) groups is 1. The second kappa shape index (κ2) is 5.22. The van der Waals surface area contributed by atoms with Crippen LogP contribution in [0.1, 0.15) is 25.3 Å². The summed E-state index contributed by atoms with van der Waals surface area (Å²) in [7, 11) is 0. The molecule has 1 aromatic heterocycles. The molecule has 0 aliphatic carbocycles. The zero-order valence-electron chi connectivity index (χ0n) is 8.56. The summed E-state index contributed by atoms with van der Waals surface area (Å²) in [6, 6.07) is -0.0255. The van der Waals surface area contributed by atoms with E-state index in [1.54, 1.807) is 6.20 Å². The molecule has 0 spiro atoms. The van der Waals surface area contributed by atoms with Crippen LogP contribution in [0, 0.1) is 5.92 Å². The van der Waals surface area contributed by atoms with Crippen molar-refractivity contribution in [3.05, 3.63) is 16.6 Å². The summed E-state index contributed by atoms with van der Waals surface area (Å²) >= 11 is 1.51. The first-order valence-corrected chi connectivity index (χ1v) is 5.63. The van der Waals surface area contributed by atoms with E-state index >= 15 is 0 Å². The Morgan fingerprint density at radius 3 is 2.86 bits per heavy atom. The van der Waals surface area contributed by atoms with Gasteiger partial charge in [0, 0.05) is 24.0 Å². The quantitative estimate of drug-likeness (QED) is 0.807. The van der Waals surface area contributed by atoms with E-state index in [4.69, 9.17) is 5.73 Å². The Bertz CT molecular complexity index is 282. The van der Waals surface area contributed by atoms with E-state index in [9.17, 15) is 4.79 Å². The molecule has 78 valence electrons. The molecule has 3 nitrogen and oxygen atoms in total. The van der Waals surface area contributed by atoms with E-state index in [1.807, 2.05) is 19.2 Å². The first-order valence-electron chi connectivity index (χ1n) is 4.75. The van der Waals surface area contributed by atoms with Crippen LogP contribution >= 0.6 is 11.3 Å². The molecule has 0 amide bonds. The number of hydrogen-bond acceptors (Lipinski definition) is 4. The topological polar surface area (TPSA) is 56.0 Å². The summed E-state index contributed by atoms with van der Waals surface area (Å²) in [5, 5.41) is 2.76. The Hall–Kier alpha value is -0.740. The lowest BCUT2D eigenvalue weighted by molar-refractivity contribution is -0.118. The average molecular weight is 212 g/mol. The van der Waals surface area contributed by atoms with Crippen molar-refractivity contribution in [2.45, 2.75) is 32.7 Å². The molecule has 4 heteroatoms. The summed E-state index contributed by atoms with van der Waals surface area (Å²) in [5.41, 5.74) is 5.81. The van der Waals surface area contributed by atoms with Gasteiger partial charge in [0.2, 0.25) is 0 Å². The predicted octanol–water partition coefficient (Wildman–Crippen LogP) is 1.63.